The predicted molar refractivity (Wildman–Crippen MR) is 119 cm³/mol. The van der Waals surface area contributed by atoms with Crippen molar-refractivity contribution in [1.29, 1.82) is 0 Å². The van der Waals surface area contributed by atoms with E-state index >= 15 is 0 Å². The Morgan fingerprint density at radius 2 is 1.87 bits per heavy atom. The number of methoxy groups -OCH3 is 2. The van der Waals surface area contributed by atoms with Gasteiger partial charge in [-0.3, -0.25) is 4.79 Å². The number of hydrogen-bond donors (Lipinski definition) is 1. The Morgan fingerprint density at radius 1 is 1.06 bits per heavy atom. The summed E-state index contributed by atoms with van der Waals surface area (Å²) >= 11 is 1.37. The Bertz CT molecular complexity index is 1180. The molecule has 7 nitrogen and oxygen atoms in total. The third-order valence-electron chi connectivity index (χ3n) is 4.48. The van der Waals surface area contributed by atoms with Gasteiger partial charge in [0.05, 0.1) is 19.1 Å². The van der Waals surface area contributed by atoms with E-state index in [9.17, 15) is 9.59 Å². The monoisotopic (exact) mass is 434 g/mol. The van der Waals surface area contributed by atoms with Gasteiger partial charge in [0.25, 0.3) is 5.91 Å². The number of carbonyl (C=O) groups excluding carboxylic acids is 2. The Hall–Kier alpha value is -3.91. The van der Waals surface area contributed by atoms with Crippen molar-refractivity contribution in [2.24, 2.45) is 4.99 Å². The topological polar surface area (TPSA) is 86.2 Å². The molecule has 31 heavy (non-hydrogen) atoms. The summed E-state index contributed by atoms with van der Waals surface area (Å²) in [6, 6.07) is 15.8. The summed E-state index contributed by atoms with van der Waals surface area (Å²) in [5.41, 5.74) is 2.04. The second-order valence-corrected chi connectivity index (χ2v) is 7.38. The van der Waals surface area contributed by atoms with E-state index in [2.05, 4.69) is 10.3 Å². The van der Waals surface area contributed by atoms with Crippen LogP contribution in [0, 0.1) is 0 Å². The SMILES string of the molecule is COc1cccc(/C=C2\N=C(c3ccc(NC(=O)c4cccs4)cc3)OC2=O)c1OC. The van der Waals surface area contributed by atoms with Gasteiger partial charge in [0.15, 0.2) is 17.2 Å². The van der Waals surface area contributed by atoms with E-state index in [0.717, 1.165) is 0 Å². The fourth-order valence-corrected chi connectivity index (χ4v) is 3.62. The molecule has 2 aromatic carbocycles. The van der Waals surface area contributed by atoms with Gasteiger partial charge in [-0.15, -0.1) is 11.3 Å². The van der Waals surface area contributed by atoms with Gasteiger partial charge in [-0.2, -0.15) is 0 Å². The first-order valence-electron chi connectivity index (χ1n) is 9.28. The van der Waals surface area contributed by atoms with E-state index in [4.69, 9.17) is 14.2 Å². The number of nitrogens with one attached hydrogen (secondary N) is 1. The third kappa shape index (κ3) is 4.34. The smallest absolute Gasteiger partial charge is 0.363 e. The molecule has 0 saturated carbocycles. The minimum atomic E-state index is -0.560. The zero-order valence-electron chi connectivity index (χ0n) is 16.7. The molecule has 2 heterocycles. The number of thiophene rings is 1. The summed E-state index contributed by atoms with van der Waals surface area (Å²) in [6.45, 7) is 0. The lowest BCUT2D eigenvalue weighted by Crippen LogP contribution is -2.10. The number of benzene rings is 2. The second kappa shape index (κ2) is 8.85. The first-order valence-corrected chi connectivity index (χ1v) is 10.2. The number of nitrogens with zero attached hydrogens (tertiary/aromatic N) is 1. The van der Waals surface area contributed by atoms with E-state index < -0.39 is 5.97 Å². The van der Waals surface area contributed by atoms with Crippen molar-refractivity contribution in [3.63, 3.8) is 0 Å². The summed E-state index contributed by atoms with van der Waals surface area (Å²) in [5, 5.41) is 4.67. The van der Waals surface area contributed by atoms with Crippen molar-refractivity contribution in [1.82, 2.24) is 0 Å². The first-order chi connectivity index (χ1) is 15.1. The quantitative estimate of drug-likeness (QED) is 0.460. The van der Waals surface area contributed by atoms with Crippen molar-refractivity contribution >= 4 is 40.9 Å². The molecule has 0 saturated heterocycles. The number of hydrogen-bond acceptors (Lipinski definition) is 7. The largest absolute Gasteiger partial charge is 0.493 e. The molecule has 1 N–H and O–H groups in total. The molecule has 1 amide bonds. The Kier molecular flexibility index (Phi) is 5.81. The van der Waals surface area contributed by atoms with Gasteiger partial charge in [0.1, 0.15) is 0 Å². The maximum absolute atomic E-state index is 12.3. The van der Waals surface area contributed by atoms with Gasteiger partial charge in [0, 0.05) is 16.8 Å². The number of esters is 1. The normalized spacial score (nSPS) is 14.2. The molecule has 0 radical (unpaired) electrons. The summed E-state index contributed by atoms with van der Waals surface area (Å²) in [7, 11) is 3.07. The van der Waals surface area contributed by atoms with Gasteiger partial charge in [0.2, 0.25) is 5.90 Å². The maximum atomic E-state index is 12.3. The lowest BCUT2D eigenvalue weighted by molar-refractivity contribution is -0.129. The van der Waals surface area contributed by atoms with Gasteiger partial charge in [-0.1, -0.05) is 18.2 Å². The van der Waals surface area contributed by atoms with Gasteiger partial charge in [-0.05, 0) is 47.9 Å². The van der Waals surface area contributed by atoms with E-state index in [0.29, 0.717) is 33.2 Å². The Labute approximate surface area is 182 Å². The van der Waals surface area contributed by atoms with Gasteiger partial charge in [-0.25, -0.2) is 9.79 Å². The van der Waals surface area contributed by atoms with Crippen molar-refractivity contribution in [2.75, 3.05) is 19.5 Å². The minimum absolute atomic E-state index is 0.150. The van der Waals surface area contributed by atoms with Crippen LogP contribution in [0.25, 0.3) is 6.08 Å². The molecule has 0 fully saturated rings. The number of carbonyl (C=O) groups is 2. The molecule has 1 aliphatic rings. The number of aliphatic imine (C=N–C) groups is 1. The molecule has 4 rings (SSSR count). The highest BCUT2D eigenvalue weighted by atomic mass is 32.1. The van der Waals surface area contributed by atoms with Gasteiger partial charge >= 0.3 is 5.97 Å². The average Bonchev–Trinajstić information content (AvgIpc) is 3.45. The summed E-state index contributed by atoms with van der Waals surface area (Å²) in [6.07, 6.45) is 1.59. The number of ether oxygens (including phenoxy) is 3. The standard InChI is InChI=1S/C23H18N2O5S/c1-28-18-6-3-5-15(20(18)29-2)13-17-23(27)30-22(25-17)14-8-10-16(11-9-14)24-21(26)19-7-4-12-31-19/h3-13H,1-2H3,(H,24,26)/b17-13-. The number of para-hydroxylation sites is 1. The predicted octanol–water partition coefficient (Wildman–Crippen LogP) is 4.36. The highest BCUT2D eigenvalue weighted by molar-refractivity contribution is 7.12. The van der Waals surface area contributed by atoms with Crippen LogP contribution in [-0.4, -0.2) is 32.0 Å². The molecule has 1 aliphatic heterocycles. The number of cyclic esters (lactones) is 1. The molecule has 0 unspecified atom stereocenters. The van der Waals surface area contributed by atoms with E-state index in [1.807, 2.05) is 11.4 Å². The molecule has 8 heteroatoms. The van der Waals surface area contributed by atoms with Crippen LogP contribution in [0.5, 0.6) is 11.5 Å². The number of amides is 1. The van der Waals surface area contributed by atoms with Crippen molar-refractivity contribution in [2.45, 2.75) is 0 Å². The lowest BCUT2D eigenvalue weighted by Gasteiger charge is -2.09. The highest BCUT2D eigenvalue weighted by Crippen LogP contribution is 2.33. The number of rotatable bonds is 6. The van der Waals surface area contributed by atoms with E-state index in [1.54, 1.807) is 61.7 Å². The zero-order valence-corrected chi connectivity index (χ0v) is 17.6. The summed E-state index contributed by atoms with van der Waals surface area (Å²) in [4.78, 5) is 29.4. The molecule has 0 atom stereocenters. The van der Waals surface area contributed by atoms with Crippen LogP contribution in [0.1, 0.15) is 20.8 Å². The van der Waals surface area contributed by atoms with Crippen LogP contribution in [-0.2, 0) is 9.53 Å². The number of anilines is 1. The van der Waals surface area contributed by atoms with Crippen LogP contribution in [0.4, 0.5) is 5.69 Å². The molecule has 0 spiro atoms. The molecule has 0 bridgehead atoms. The molecule has 0 aliphatic carbocycles. The third-order valence-corrected chi connectivity index (χ3v) is 5.35. The summed E-state index contributed by atoms with van der Waals surface area (Å²) < 4.78 is 16.0. The summed E-state index contributed by atoms with van der Waals surface area (Å²) in [5.74, 6) is 0.501. The van der Waals surface area contributed by atoms with E-state index in [-0.39, 0.29) is 17.5 Å². The second-order valence-electron chi connectivity index (χ2n) is 6.43. The maximum Gasteiger partial charge on any atom is 0.363 e. The fourth-order valence-electron chi connectivity index (χ4n) is 3.00. The van der Waals surface area contributed by atoms with Crippen LogP contribution < -0.4 is 14.8 Å². The van der Waals surface area contributed by atoms with Crippen molar-refractivity contribution < 1.29 is 23.8 Å². The highest BCUT2D eigenvalue weighted by Gasteiger charge is 2.25. The molecule has 3 aromatic rings. The van der Waals surface area contributed by atoms with Crippen LogP contribution in [0.15, 0.2) is 70.7 Å². The first kappa shape index (κ1) is 20.4. The van der Waals surface area contributed by atoms with Crippen LogP contribution in [0.2, 0.25) is 0 Å². The zero-order chi connectivity index (χ0) is 21.8. The fraction of sp³-hybridized carbons (Fsp3) is 0.0870. The van der Waals surface area contributed by atoms with Crippen molar-refractivity contribution in [3.05, 3.63) is 81.7 Å². The average molecular weight is 434 g/mol. The van der Waals surface area contributed by atoms with Crippen LogP contribution in [0.3, 0.4) is 0 Å². The van der Waals surface area contributed by atoms with Gasteiger partial charge < -0.3 is 19.5 Å². The van der Waals surface area contributed by atoms with E-state index in [1.165, 1.54) is 18.4 Å². The molecule has 1 aromatic heterocycles. The Balaban J connectivity index is 1.55. The van der Waals surface area contributed by atoms with Crippen LogP contribution >= 0.6 is 11.3 Å². The molecular weight excluding hydrogens is 416 g/mol. The molecule has 156 valence electrons. The lowest BCUT2D eigenvalue weighted by atomic mass is 10.1. The minimum Gasteiger partial charge on any atom is -0.493 e. The molecular formula is C23H18N2O5S. The Morgan fingerprint density at radius 3 is 2.55 bits per heavy atom. The van der Waals surface area contributed by atoms with Crippen molar-refractivity contribution in [3.8, 4) is 11.5 Å².